The summed E-state index contributed by atoms with van der Waals surface area (Å²) in [6, 6.07) is 0.330. The summed E-state index contributed by atoms with van der Waals surface area (Å²) >= 11 is 0. The van der Waals surface area contributed by atoms with E-state index < -0.39 is 0 Å². The van der Waals surface area contributed by atoms with Crippen LogP contribution in [0.5, 0.6) is 0 Å². The third-order valence-electron chi connectivity index (χ3n) is 4.85. The Morgan fingerprint density at radius 3 is 2.95 bits per heavy atom. The van der Waals surface area contributed by atoms with E-state index in [1.165, 1.54) is 0 Å². The van der Waals surface area contributed by atoms with Gasteiger partial charge in [0.15, 0.2) is 0 Å². The molecule has 0 aromatic carbocycles. The van der Waals surface area contributed by atoms with E-state index >= 15 is 0 Å². The summed E-state index contributed by atoms with van der Waals surface area (Å²) in [5, 5.41) is 0. The molecule has 0 saturated carbocycles. The summed E-state index contributed by atoms with van der Waals surface area (Å²) in [6.45, 7) is 3.18. The molecule has 0 N–H and O–H groups in total. The monoisotopic (exact) mass is 300 g/mol. The third-order valence-corrected chi connectivity index (χ3v) is 4.85. The van der Waals surface area contributed by atoms with Crippen molar-refractivity contribution in [3.05, 3.63) is 18.7 Å². The number of carbonyl (C=O) groups is 1. The third kappa shape index (κ3) is 3.17. The second-order valence-corrected chi connectivity index (χ2v) is 6.28. The minimum atomic E-state index is -0.0219. The molecule has 0 bridgehead atoms. The van der Waals surface area contributed by atoms with Crippen LogP contribution in [-0.4, -0.2) is 57.5 Å². The molecule has 22 heavy (non-hydrogen) atoms. The van der Waals surface area contributed by atoms with E-state index in [2.05, 4.69) is 20.4 Å². The van der Waals surface area contributed by atoms with Crippen LogP contribution in [0, 0.1) is 12.3 Å². The van der Waals surface area contributed by atoms with Gasteiger partial charge >= 0.3 is 0 Å². The molecular weight excluding hydrogens is 276 g/mol. The highest BCUT2D eigenvalue weighted by Crippen LogP contribution is 2.25. The Kier molecular flexibility index (Phi) is 4.79. The number of hydrogen-bond donors (Lipinski definition) is 0. The predicted molar refractivity (Wildman–Crippen MR) is 85.1 cm³/mol. The quantitative estimate of drug-likeness (QED) is 0.795. The van der Waals surface area contributed by atoms with E-state index in [4.69, 9.17) is 6.42 Å². The van der Waals surface area contributed by atoms with Crippen molar-refractivity contribution >= 4 is 5.91 Å². The first-order valence-corrected chi connectivity index (χ1v) is 8.23. The fourth-order valence-electron chi connectivity index (χ4n) is 3.67. The Morgan fingerprint density at radius 2 is 2.18 bits per heavy atom. The SMILES string of the molecule is C#CCN1CCCC[C@@H]1C(=O)N1CCC[C@@H](n2ccnc2)C1. The highest BCUT2D eigenvalue weighted by atomic mass is 16.2. The maximum atomic E-state index is 12.9. The number of carbonyl (C=O) groups excluding carboxylic acids is 1. The number of nitrogens with zero attached hydrogens (tertiary/aromatic N) is 4. The van der Waals surface area contributed by atoms with E-state index in [1.807, 2.05) is 17.4 Å². The number of hydrogen-bond acceptors (Lipinski definition) is 3. The lowest BCUT2D eigenvalue weighted by molar-refractivity contribution is -0.139. The van der Waals surface area contributed by atoms with Crippen LogP contribution in [0.25, 0.3) is 0 Å². The summed E-state index contributed by atoms with van der Waals surface area (Å²) < 4.78 is 2.12. The molecule has 2 fully saturated rings. The summed E-state index contributed by atoms with van der Waals surface area (Å²) in [7, 11) is 0. The van der Waals surface area contributed by atoms with Gasteiger partial charge in [0.2, 0.25) is 5.91 Å². The molecule has 3 heterocycles. The van der Waals surface area contributed by atoms with Crippen molar-refractivity contribution in [2.75, 3.05) is 26.2 Å². The standard InChI is InChI=1S/C17H24N4O/c1-2-9-19-10-4-3-7-16(19)17(22)20-11-5-6-15(13-20)21-12-8-18-14-21/h1,8,12,14-16H,3-7,9-11,13H2/t15-,16-/m1/s1. The van der Waals surface area contributed by atoms with Crippen molar-refractivity contribution in [1.29, 1.82) is 0 Å². The summed E-state index contributed by atoms with van der Waals surface area (Å²) in [5.74, 6) is 2.96. The van der Waals surface area contributed by atoms with Gasteiger partial charge in [-0.05, 0) is 32.2 Å². The maximum Gasteiger partial charge on any atom is 0.240 e. The number of aromatic nitrogens is 2. The Bertz CT molecular complexity index is 533. The van der Waals surface area contributed by atoms with Crippen LogP contribution in [0.15, 0.2) is 18.7 Å². The fourth-order valence-corrected chi connectivity index (χ4v) is 3.67. The molecule has 1 aromatic rings. The van der Waals surface area contributed by atoms with E-state index in [-0.39, 0.29) is 11.9 Å². The molecule has 1 amide bonds. The van der Waals surface area contributed by atoms with Gasteiger partial charge in [-0.1, -0.05) is 12.3 Å². The molecule has 0 spiro atoms. The zero-order valence-corrected chi connectivity index (χ0v) is 13.0. The number of rotatable bonds is 3. The number of imidazole rings is 1. The largest absolute Gasteiger partial charge is 0.339 e. The van der Waals surface area contributed by atoms with Crippen molar-refractivity contribution in [1.82, 2.24) is 19.4 Å². The van der Waals surface area contributed by atoms with Gasteiger partial charge in [0.1, 0.15) is 0 Å². The Hall–Kier alpha value is -1.80. The number of amides is 1. The predicted octanol–water partition coefficient (Wildman–Crippen LogP) is 1.53. The van der Waals surface area contributed by atoms with Crippen molar-refractivity contribution in [2.45, 2.75) is 44.2 Å². The molecular formula is C17H24N4O. The Labute approximate surface area is 132 Å². The van der Waals surface area contributed by atoms with Crippen LogP contribution in [0.1, 0.15) is 38.1 Å². The smallest absolute Gasteiger partial charge is 0.240 e. The van der Waals surface area contributed by atoms with Gasteiger partial charge in [0, 0.05) is 25.5 Å². The van der Waals surface area contributed by atoms with Gasteiger partial charge in [0.25, 0.3) is 0 Å². The molecule has 5 nitrogen and oxygen atoms in total. The van der Waals surface area contributed by atoms with Gasteiger partial charge in [0.05, 0.1) is 25.0 Å². The van der Waals surface area contributed by atoms with Gasteiger partial charge in [-0.25, -0.2) is 4.98 Å². The Morgan fingerprint density at radius 1 is 1.27 bits per heavy atom. The zero-order valence-electron chi connectivity index (χ0n) is 13.0. The number of likely N-dealkylation sites (tertiary alicyclic amines) is 2. The maximum absolute atomic E-state index is 12.9. The van der Waals surface area contributed by atoms with Crippen molar-refractivity contribution in [3.8, 4) is 12.3 Å². The molecule has 2 saturated heterocycles. The average Bonchev–Trinajstić information content (AvgIpc) is 3.10. The van der Waals surface area contributed by atoms with Gasteiger partial charge in [-0.2, -0.15) is 0 Å². The first kappa shape index (κ1) is 15.1. The first-order chi connectivity index (χ1) is 10.8. The van der Waals surface area contributed by atoms with E-state index in [1.54, 1.807) is 6.20 Å². The highest BCUT2D eigenvalue weighted by molar-refractivity contribution is 5.82. The second-order valence-electron chi connectivity index (χ2n) is 6.28. The van der Waals surface area contributed by atoms with E-state index in [0.717, 1.165) is 51.7 Å². The van der Waals surface area contributed by atoms with E-state index in [9.17, 15) is 4.79 Å². The van der Waals surface area contributed by atoms with Crippen molar-refractivity contribution in [2.24, 2.45) is 0 Å². The van der Waals surface area contributed by atoms with Crippen molar-refractivity contribution in [3.63, 3.8) is 0 Å². The van der Waals surface area contributed by atoms with Crippen LogP contribution in [0.2, 0.25) is 0 Å². The van der Waals surface area contributed by atoms with Crippen LogP contribution in [-0.2, 0) is 4.79 Å². The summed E-state index contributed by atoms with van der Waals surface area (Å²) in [6.07, 6.45) is 16.5. The lowest BCUT2D eigenvalue weighted by atomic mass is 9.98. The topological polar surface area (TPSA) is 41.4 Å². The minimum absolute atomic E-state index is 0.0219. The second kappa shape index (κ2) is 6.97. The molecule has 1 aromatic heterocycles. The zero-order chi connectivity index (χ0) is 15.4. The number of terminal acetylenes is 1. The molecule has 2 aliphatic heterocycles. The lowest BCUT2D eigenvalue weighted by Crippen LogP contribution is -2.53. The average molecular weight is 300 g/mol. The number of piperidine rings is 2. The van der Waals surface area contributed by atoms with Crippen LogP contribution >= 0.6 is 0 Å². The molecule has 0 unspecified atom stereocenters. The normalized spacial score (nSPS) is 26.6. The van der Waals surface area contributed by atoms with Crippen LogP contribution in [0.3, 0.4) is 0 Å². The molecule has 3 rings (SSSR count). The fraction of sp³-hybridized carbons (Fsp3) is 0.647. The summed E-state index contributed by atoms with van der Waals surface area (Å²) in [4.78, 5) is 21.3. The van der Waals surface area contributed by atoms with Crippen molar-refractivity contribution < 1.29 is 4.79 Å². The van der Waals surface area contributed by atoms with Gasteiger partial charge in [-0.3, -0.25) is 9.69 Å². The Balaban J connectivity index is 1.67. The molecule has 2 atom stereocenters. The molecule has 0 aliphatic carbocycles. The van der Waals surface area contributed by atoms with Crippen LogP contribution < -0.4 is 0 Å². The minimum Gasteiger partial charge on any atom is -0.339 e. The van der Waals surface area contributed by atoms with Crippen LogP contribution in [0.4, 0.5) is 0 Å². The van der Waals surface area contributed by atoms with Gasteiger partial charge in [-0.15, -0.1) is 6.42 Å². The summed E-state index contributed by atoms with van der Waals surface area (Å²) in [5.41, 5.74) is 0. The van der Waals surface area contributed by atoms with E-state index in [0.29, 0.717) is 12.6 Å². The first-order valence-electron chi connectivity index (χ1n) is 8.23. The van der Waals surface area contributed by atoms with Gasteiger partial charge < -0.3 is 9.47 Å². The molecule has 5 heteroatoms. The molecule has 2 aliphatic rings. The highest BCUT2D eigenvalue weighted by Gasteiger charge is 2.33. The lowest BCUT2D eigenvalue weighted by Gasteiger charge is -2.40. The molecule has 118 valence electrons. The molecule has 0 radical (unpaired) electrons.